The Hall–Kier alpha value is -1.31. The molecule has 1 heterocycles. The summed E-state index contributed by atoms with van der Waals surface area (Å²) in [5.74, 6) is 0. The number of aryl methyl sites for hydroxylation is 1. The van der Waals surface area contributed by atoms with E-state index in [0.717, 1.165) is 31.5 Å². The van der Waals surface area contributed by atoms with Gasteiger partial charge in [0.15, 0.2) is 0 Å². The van der Waals surface area contributed by atoms with Gasteiger partial charge in [-0.2, -0.15) is 0 Å². The maximum Gasteiger partial charge on any atom is 0.214 e. The molecular formula is C12H15NO. The van der Waals surface area contributed by atoms with Gasteiger partial charge in [0, 0.05) is 12.2 Å². The first-order chi connectivity index (χ1) is 6.85. The molecule has 0 spiro atoms. The Morgan fingerprint density at radius 3 is 3.07 bits per heavy atom. The molecule has 1 aliphatic heterocycles. The zero-order chi connectivity index (χ0) is 9.97. The molecular weight excluding hydrogens is 174 g/mol. The van der Waals surface area contributed by atoms with Crippen LogP contribution in [0.25, 0.3) is 0 Å². The molecule has 2 rings (SSSR count). The molecule has 74 valence electrons. The highest BCUT2D eigenvalue weighted by atomic mass is 16.1. The Labute approximate surface area is 84.5 Å². The zero-order valence-electron chi connectivity index (χ0n) is 8.49. The molecule has 0 bridgehead atoms. The minimum absolute atomic E-state index is 0.842. The first-order valence-corrected chi connectivity index (χ1v) is 5.19. The summed E-state index contributed by atoms with van der Waals surface area (Å²) < 4.78 is 0. The summed E-state index contributed by atoms with van der Waals surface area (Å²) in [7, 11) is 0. The number of benzene rings is 1. The average Bonchev–Trinajstić information content (AvgIpc) is 2.60. The molecule has 0 saturated heterocycles. The predicted octanol–water partition coefficient (Wildman–Crippen LogP) is 2.16. The van der Waals surface area contributed by atoms with Gasteiger partial charge in [-0.1, -0.05) is 25.5 Å². The number of hydrogen-bond donors (Lipinski definition) is 0. The Morgan fingerprint density at radius 2 is 2.36 bits per heavy atom. The second-order valence-electron chi connectivity index (χ2n) is 3.76. The number of hydrogen-bond acceptors (Lipinski definition) is 1. The fourth-order valence-corrected chi connectivity index (χ4v) is 2.03. The lowest BCUT2D eigenvalue weighted by atomic mass is 10.1. The minimum Gasteiger partial charge on any atom is -0.314 e. The fourth-order valence-electron chi connectivity index (χ4n) is 2.03. The summed E-state index contributed by atoms with van der Waals surface area (Å²) in [6, 6.07) is 6.44. The van der Waals surface area contributed by atoms with Gasteiger partial charge in [0.2, 0.25) is 6.41 Å². The lowest BCUT2D eigenvalue weighted by Gasteiger charge is -2.10. The average molecular weight is 189 g/mol. The van der Waals surface area contributed by atoms with E-state index >= 15 is 0 Å². The van der Waals surface area contributed by atoms with Crippen LogP contribution in [0.4, 0.5) is 5.69 Å². The molecule has 14 heavy (non-hydrogen) atoms. The standard InChI is InChI=1S/C12H15NO/c1-2-3-10-4-5-12-11(8-10)6-7-13(12)9-14/h4-5,8-9H,2-3,6-7H2,1H3. The molecule has 1 aliphatic rings. The number of carbonyl (C=O) groups excluding carboxylic acids is 1. The molecule has 1 aromatic carbocycles. The van der Waals surface area contributed by atoms with Crippen molar-refractivity contribution in [3.05, 3.63) is 29.3 Å². The van der Waals surface area contributed by atoms with Crippen LogP contribution in [0.1, 0.15) is 24.5 Å². The lowest BCUT2D eigenvalue weighted by molar-refractivity contribution is -0.107. The smallest absolute Gasteiger partial charge is 0.214 e. The highest BCUT2D eigenvalue weighted by Gasteiger charge is 2.17. The van der Waals surface area contributed by atoms with Crippen LogP contribution in [0.5, 0.6) is 0 Å². The van der Waals surface area contributed by atoms with Crippen LogP contribution >= 0.6 is 0 Å². The predicted molar refractivity (Wildman–Crippen MR) is 57.6 cm³/mol. The largest absolute Gasteiger partial charge is 0.314 e. The van der Waals surface area contributed by atoms with Crippen molar-refractivity contribution in [3.63, 3.8) is 0 Å². The molecule has 2 nitrogen and oxygen atoms in total. The van der Waals surface area contributed by atoms with Gasteiger partial charge < -0.3 is 4.90 Å². The summed E-state index contributed by atoms with van der Waals surface area (Å²) in [5.41, 5.74) is 3.81. The third kappa shape index (κ3) is 1.52. The second-order valence-corrected chi connectivity index (χ2v) is 3.76. The van der Waals surface area contributed by atoms with E-state index in [2.05, 4.69) is 25.1 Å². The van der Waals surface area contributed by atoms with E-state index < -0.39 is 0 Å². The highest BCUT2D eigenvalue weighted by Crippen LogP contribution is 2.27. The first-order valence-electron chi connectivity index (χ1n) is 5.19. The zero-order valence-corrected chi connectivity index (χ0v) is 8.49. The lowest BCUT2D eigenvalue weighted by Crippen LogP contribution is -2.17. The van der Waals surface area contributed by atoms with Crippen molar-refractivity contribution >= 4 is 12.1 Å². The number of carbonyl (C=O) groups is 1. The van der Waals surface area contributed by atoms with E-state index in [1.807, 2.05) is 0 Å². The van der Waals surface area contributed by atoms with Gasteiger partial charge in [-0.25, -0.2) is 0 Å². The Morgan fingerprint density at radius 1 is 1.50 bits per heavy atom. The molecule has 0 N–H and O–H groups in total. The molecule has 0 aliphatic carbocycles. The number of anilines is 1. The molecule has 1 aromatic rings. The molecule has 0 unspecified atom stereocenters. The van der Waals surface area contributed by atoms with E-state index in [1.54, 1.807) is 4.90 Å². The van der Waals surface area contributed by atoms with Crippen LogP contribution in [0.3, 0.4) is 0 Å². The van der Waals surface area contributed by atoms with Gasteiger partial charge in [-0.15, -0.1) is 0 Å². The third-order valence-electron chi connectivity index (χ3n) is 2.74. The van der Waals surface area contributed by atoms with E-state index in [-0.39, 0.29) is 0 Å². The Kier molecular flexibility index (Phi) is 2.53. The Balaban J connectivity index is 2.29. The van der Waals surface area contributed by atoms with Crippen molar-refractivity contribution in [1.82, 2.24) is 0 Å². The first kappa shape index (κ1) is 9.25. The van der Waals surface area contributed by atoms with Crippen molar-refractivity contribution in [2.45, 2.75) is 26.2 Å². The maximum absolute atomic E-state index is 10.7. The van der Waals surface area contributed by atoms with Gasteiger partial charge in [-0.05, 0) is 30.0 Å². The topological polar surface area (TPSA) is 20.3 Å². The summed E-state index contributed by atoms with van der Waals surface area (Å²) in [4.78, 5) is 12.5. The summed E-state index contributed by atoms with van der Waals surface area (Å²) in [6.45, 7) is 3.03. The van der Waals surface area contributed by atoms with Crippen LogP contribution in [0, 0.1) is 0 Å². The van der Waals surface area contributed by atoms with E-state index in [1.165, 1.54) is 17.5 Å². The highest BCUT2D eigenvalue weighted by molar-refractivity contribution is 5.79. The van der Waals surface area contributed by atoms with Crippen molar-refractivity contribution in [3.8, 4) is 0 Å². The van der Waals surface area contributed by atoms with Crippen molar-refractivity contribution in [2.75, 3.05) is 11.4 Å². The van der Waals surface area contributed by atoms with Crippen molar-refractivity contribution in [1.29, 1.82) is 0 Å². The van der Waals surface area contributed by atoms with Gasteiger partial charge in [-0.3, -0.25) is 4.79 Å². The monoisotopic (exact) mass is 189 g/mol. The van der Waals surface area contributed by atoms with E-state index in [0.29, 0.717) is 0 Å². The van der Waals surface area contributed by atoms with Gasteiger partial charge >= 0.3 is 0 Å². The van der Waals surface area contributed by atoms with Crippen molar-refractivity contribution < 1.29 is 4.79 Å². The molecule has 0 aromatic heterocycles. The molecule has 0 radical (unpaired) electrons. The number of nitrogens with zero attached hydrogens (tertiary/aromatic N) is 1. The van der Waals surface area contributed by atoms with Gasteiger partial charge in [0.25, 0.3) is 0 Å². The van der Waals surface area contributed by atoms with Crippen LogP contribution in [-0.4, -0.2) is 13.0 Å². The van der Waals surface area contributed by atoms with Gasteiger partial charge in [0.05, 0.1) is 0 Å². The minimum atomic E-state index is 0.842. The van der Waals surface area contributed by atoms with E-state index in [4.69, 9.17) is 0 Å². The Bertz CT molecular complexity index is 346. The molecule has 1 amide bonds. The quantitative estimate of drug-likeness (QED) is 0.667. The SMILES string of the molecule is CCCc1ccc2c(c1)CCN2C=O. The number of fused-ring (bicyclic) bond motifs is 1. The summed E-state index contributed by atoms with van der Waals surface area (Å²) in [6.07, 6.45) is 4.24. The second kappa shape index (κ2) is 3.82. The normalized spacial score (nSPS) is 14.2. The third-order valence-corrected chi connectivity index (χ3v) is 2.74. The van der Waals surface area contributed by atoms with Gasteiger partial charge in [0.1, 0.15) is 0 Å². The molecule has 0 atom stereocenters. The molecule has 0 saturated carbocycles. The summed E-state index contributed by atoms with van der Waals surface area (Å²) >= 11 is 0. The molecule has 2 heteroatoms. The van der Waals surface area contributed by atoms with Crippen molar-refractivity contribution in [2.24, 2.45) is 0 Å². The van der Waals surface area contributed by atoms with Crippen LogP contribution in [0.2, 0.25) is 0 Å². The number of amides is 1. The number of rotatable bonds is 3. The fraction of sp³-hybridized carbons (Fsp3) is 0.417. The maximum atomic E-state index is 10.7. The van der Waals surface area contributed by atoms with Crippen LogP contribution < -0.4 is 4.90 Å². The van der Waals surface area contributed by atoms with E-state index in [9.17, 15) is 4.79 Å². The molecule has 0 fully saturated rings. The van der Waals surface area contributed by atoms with Crippen LogP contribution in [0.15, 0.2) is 18.2 Å². The van der Waals surface area contributed by atoms with Crippen LogP contribution in [-0.2, 0) is 17.6 Å². The summed E-state index contributed by atoms with van der Waals surface area (Å²) in [5, 5.41) is 0.